The average molecular weight is 274 g/mol. The molecule has 1 aromatic carbocycles. The highest BCUT2D eigenvalue weighted by molar-refractivity contribution is 6.19. The molecule has 1 unspecified atom stereocenters. The van der Waals surface area contributed by atoms with Gasteiger partial charge in [-0.25, -0.2) is 4.98 Å². The number of imidazole rings is 1. The van der Waals surface area contributed by atoms with Gasteiger partial charge in [-0.2, -0.15) is 0 Å². The summed E-state index contributed by atoms with van der Waals surface area (Å²) in [5, 5.41) is 2.69. The first kappa shape index (κ1) is 12.5. The van der Waals surface area contributed by atoms with Crippen LogP contribution in [0.4, 0.5) is 11.6 Å². The monoisotopic (exact) mass is 274 g/mol. The Balaban J connectivity index is 2.19. The van der Waals surface area contributed by atoms with Gasteiger partial charge in [-0.3, -0.25) is 9.59 Å². The summed E-state index contributed by atoms with van der Waals surface area (Å²) in [4.78, 5) is 31.3. The van der Waals surface area contributed by atoms with Crippen LogP contribution in [0.15, 0.2) is 12.1 Å². The van der Waals surface area contributed by atoms with Crippen LogP contribution in [-0.2, 0) is 19.7 Å². The number of esters is 1. The molecule has 1 amide bonds. The highest BCUT2D eigenvalue weighted by atomic mass is 16.5. The molecular formula is C13H14N4O3. The van der Waals surface area contributed by atoms with E-state index in [1.807, 2.05) is 0 Å². The number of rotatable bonds is 2. The summed E-state index contributed by atoms with van der Waals surface area (Å²) in [5.74, 6) is -0.678. The number of nitrogens with zero attached hydrogens (tertiary/aromatic N) is 1. The highest BCUT2D eigenvalue weighted by Gasteiger charge is 2.50. The van der Waals surface area contributed by atoms with Crippen molar-refractivity contribution in [1.29, 1.82) is 0 Å². The van der Waals surface area contributed by atoms with Crippen LogP contribution in [0.25, 0.3) is 11.0 Å². The Labute approximate surface area is 114 Å². The van der Waals surface area contributed by atoms with Crippen molar-refractivity contribution in [1.82, 2.24) is 9.97 Å². The lowest BCUT2D eigenvalue weighted by molar-refractivity contribution is -0.152. The zero-order valence-corrected chi connectivity index (χ0v) is 11.1. The van der Waals surface area contributed by atoms with E-state index in [0.29, 0.717) is 22.3 Å². The van der Waals surface area contributed by atoms with E-state index in [1.165, 1.54) is 0 Å². The average Bonchev–Trinajstić information content (AvgIpc) is 2.86. The van der Waals surface area contributed by atoms with Crippen molar-refractivity contribution >= 4 is 34.5 Å². The quantitative estimate of drug-likeness (QED) is 0.557. The zero-order chi connectivity index (χ0) is 14.5. The number of amides is 1. The van der Waals surface area contributed by atoms with Crippen molar-refractivity contribution in [2.45, 2.75) is 19.3 Å². The van der Waals surface area contributed by atoms with Crippen molar-refractivity contribution in [2.75, 3.05) is 17.7 Å². The lowest BCUT2D eigenvalue weighted by atomic mass is 9.83. The van der Waals surface area contributed by atoms with Crippen molar-refractivity contribution in [3.05, 3.63) is 17.7 Å². The third-order valence-corrected chi connectivity index (χ3v) is 3.56. The maximum atomic E-state index is 12.2. The number of anilines is 2. The van der Waals surface area contributed by atoms with E-state index in [1.54, 1.807) is 26.0 Å². The number of nitrogens with two attached hydrogens (primary N) is 1. The second kappa shape index (κ2) is 3.96. The van der Waals surface area contributed by atoms with Gasteiger partial charge in [-0.15, -0.1) is 0 Å². The van der Waals surface area contributed by atoms with Crippen molar-refractivity contribution in [3.63, 3.8) is 0 Å². The first-order chi connectivity index (χ1) is 9.46. The molecular weight excluding hydrogens is 260 g/mol. The van der Waals surface area contributed by atoms with Gasteiger partial charge in [0.05, 0.1) is 17.6 Å². The van der Waals surface area contributed by atoms with Crippen molar-refractivity contribution in [2.24, 2.45) is 0 Å². The summed E-state index contributed by atoms with van der Waals surface area (Å²) in [6, 6.07) is 3.41. The smallest absolute Gasteiger partial charge is 0.326 e. The molecule has 7 nitrogen and oxygen atoms in total. The van der Waals surface area contributed by atoms with Crippen LogP contribution in [0, 0.1) is 0 Å². The Morgan fingerprint density at radius 2 is 2.25 bits per heavy atom. The zero-order valence-electron chi connectivity index (χ0n) is 11.1. The minimum atomic E-state index is -1.35. The summed E-state index contributed by atoms with van der Waals surface area (Å²) >= 11 is 0. The molecule has 0 radical (unpaired) electrons. The van der Waals surface area contributed by atoms with E-state index in [2.05, 4.69) is 15.3 Å². The molecule has 1 aliphatic rings. The number of nitrogen functional groups attached to an aromatic ring is 1. The number of H-pyrrole nitrogens is 1. The van der Waals surface area contributed by atoms with Crippen molar-refractivity contribution < 1.29 is 14.3 Å². The highest BCUT2D eigenvalue weighted by Crippen LogP contribution is 2.40. The molecule has 2 heterocycles. The molecule has 3 rings (SSSR count). The van der Waals surface area contributed by atoms with Crippen LogP contribution in [0.5, 0.6) is 0 Å². The molecule has 1 atom stereocenters. The topological polar surface area (TPSA) is 110 Å². The van der Waals surface area contributed by atoms with E-state index >= 15 is 0 Å². The number of aromatic amines is 1. The number of hydrogen-bond acceptors (Lipinski definition) is 5. The second-order valence-corrected chi connectivity index (χ2v) is 4.84. The summed E-state index contributed by atoms with van der Waals surface area (Å²) in [5.41, 5.74) is 6.69. The molecule has 0 saturated carbocycles. The Kier molecular flexibility index (Phi) is 2.47. The Bertz CT molecular complexity index is 737. The molecule has 104 valence electrons. The molecule has 0 saturated heterocycles. The van der Waals surface area contributed by atoms with Crippen molar-refractivity contribution in [3.8, 4) is 0 Å². The van der Waals surface area contributed by atoms with Crippen LogP contribution in [0.1, 0.15) is 19.4 Å². The van der Waals surface area contributed by atoms with Gasteiger partial charge in [0.2, 0.25) is 5.91 Å². The van der Waals surface area contributed by atoms with Gasteiger partial charge in [-0.1, -0.05) is 0 Å². The number of carbonyl (C=O) groups is 2. The lowest BCUT2D eigenvalue weighted by Gasteiger charge is -2.19. The maximum absolute atomic E-state index is 12.2. The second-order valence-electron chi connectivity index (χ2n) is 4.84. The lowest BCUT2D eigenvalue weighted by Crippen LogP contribution is -2.40. The molecule has 7 heteroatoms. The summed E-state index contributed by atoms with van der Waals surface area (Å²) < 4.78 is 5.02. The maximum Gasteiger partial charge on any atom is 0.326 e. The molecule has 20 heavy (non-hydrogen) atoms. The van der Waals surface area contributed by atoms with E-state index < -0.39 is 17.3 Å². The van der Waals surface area contributed by atoms with E-state index in [9.17, 15) is 9.59 Å². The number of fused-ring (bicyclic) bond motifs is 2. The normalized spacial score (nSPS) is 20.8. The fourth-order valence-electron chi connectivity index (χ4n) is 2.44. The first-order valence-electron chi connectivity index (χ1n) is 6.25. The fraction of sp³-hybridized carbons (Fsp3) is 0.308. The van der Waals surface area contributed by atoms with Crippen LogP contribution in [-0.4, -0.2) is 28.5 Å². The Hall–Kier alpha value is -2.57. The van der Waals surface area contributed by atoms with Gasteiger partial charge in [0.1, 0.15) is 0 Å². The third kappa shape index (κ3) is 1.49. The largest absolute Gasteiger partial charge is 0.465 e. The van der Waals surface area contributed by atoms with Gasteiger partial charge in [0.25, 0.3) is 0 Å². The fourth-order valence-corrected chi connectivity index (χ4v) is 2.44. The summed E-state index contributed by atoms with van der Waals surface area (Å²) in [7, 11) is 0. The van der Waals surface area contributed by atoms with Crippen LogP contribution >= 0.6 is 0 Å². The van der Waals surface area contributed by atoms with Gasteiger partial charge in [0.15, 0.2) is 11.4 Å². The Morgan fingerprint density at radius 3 is 2.95 bits per heavy atom. The number of nitrogens with one attached hydrogen (secondary N) is 2. The molecule has 0 bridgehead atoms. The SMILES string of the molecule is CCOC(=O)C1(C)C(=O)Nc2cc3nc(N)[nH]c3cc21. The number of aromatic nitrogens is 2. The number of hydrogen-bond donors (Lipinski definition) is 3. The van der Waals surface area contributed by atoms with E-state index in [4.69, 9.17) is 10.5 Å². The predicted molar refractivity (Wildman–Crippen MR) is 73.1 cm³/mol. The molecule has 2 aromatic rings. The third-order valence-electron chi connectivity index (χ3n) is 3.56. The van der Waals surface area contributed by atoms with E-state index in [-0.39, 0.29) is 12.6 Å². The Morgan fingerprint density at radius 1 is 1.50 bits per heavy atom. The minimum Gasteiger partial charge on any atom is -0.465 e. The minimum absolute atomic E-state index is 0.219. The molecule has 4 N–H and O–H groups in total. The first-order valence-corrected chi connectivity index (χ1v) is 6.25. The molecule has 0 fully saturated rings. The molecule has 0 aliphatic carbocycles. The molecule has 0 spiro atoms. The van der Waals surface area contributed by atoms with E-state index in [0.717, 1.165) is 0 Å². The van der Waals surface area contributed by atoms with Gasteiger partial charge in [-0.05, 0) is 26.0 Å². The molecule has 1 aromatic heterocycles. The summed E-state index contributed by atoms with van der Waals surface area (Å²) in [6.07, 6.45) is 0. The van der Waals surface area contributed by atoms with Crippen LogP contribution in [0.3, 0.4) is 0 Å². The molecule has 1 aliphatic heterocycles. The standard InChI is InChI=1S/C13H14N4O3/c1-3-20-11(19)13(2)6-4-8-9(17-12(14)16-8)5-7(6)15-10(13)18/h4-5H,3H2,1-2H3,(H,15,18)(H3,14,16,17). The van der Waals surface area contributed by atoms with Crippen LogP contribution < -0.4 is 11.1 Å². The van der Waals surface area contributed by atoms with Gasteiger partial charge in [0, 0.05) is 11.3 Å². The number of benzene rings is 1. The van der Waals surface area contributed by atoms with Gasteiger partial charge < -0.3 is 20.8 Å². The summed E-state index contributed by atoms with van der Waals surface area (Å²) in [6.45, 7) is 3.47. The number of carbonyl (C=O) groups excluding carboxylic acids is 2. The number of ether oxygens (including phenoxy) is 1. The van der Waals surface area contributed by atoms with Gasteiger partial charge >= 0.3 is 5.97 Å². The predicted octanol–water partition coefficient (Wildman–Crippen LogP) is 0.918. The van der Waals surface area contributed by atoms with Crippen LogP contribution in [0.2, 0.25) is 0 Å².